The third-order valence-corrected chi connectivity index (χ3v) is 10.5. The summed E-state index contributed by atoms with van der Waals surface area (Å²) in [6.07, 6.45) is 6.15. The van der Waals surface area contributed by atoms with Crippen molar-refractivity contribution in [3.05, 3.63) is 36.7 Å². The van der Waals surface area contributed by atoms with Crippen molar-refractivity contribution in [3.8, 4) is 0 Å². The number of carbonyl (C=O) groups excluding carboxylic acids is 1. The van der Waals surface area contributed by atoms with Crippen molar-refractivity contribution in [3.63, 3.8) is 0 Å². The Hall–Kier alpha value is -3.73. The molecule has 1 aromatic carbocycles. The Labute approximate surface area is 292 Å². The molecule has 0 radical (unpaired) electrons. The molecule has 3 fully saturated rings. The van der Waals surface area contributed by atoms with Gasteiger partial charge in [0.25, 0.3) is 0 Å². The molecule has 0 bridgehead atoms. The van der Waals surface area contributed by atoms with Crippen LogP contribution >= 0.6 is 0 Å². The second-order valence-corrected chi connectivity index (χ2v) is 15.2. The van der Waals surface area contributed by atoms with E-state index in [1.165, 1.54) is 38.3 Å². The minimum absolute atomic E-state index is 0.0275. The number of ether oxygens (including phenoxy) is 1. The fourth-order valence-electron chi connectivity index (χ4n) is 7.55. The first-order chi connectivity index (χ1) is 24.0. The zero-order valence-electron chi connectivity index (χ0n) is 29.3. The number of nitrogens with one attached hydrogen (secondary N) is 3. The lowest BCUT2D eigenvalue weighted by Gasteiger charge is -2.39. The first-order valence-corrected chi connectivity index (χ1v) is 18.0. The number of imidazole rings is 2. The Kier molecular flexibility index (Phi) is 10.1. The summed E-state index contributed by atoms with van der Waals surface area (Å²) in [5, 5.41) is 29.1. The summed E-state index contributed by atoms with van der Waals surface area (Å²) in [4.78, 5) is 38.3. The number of aliphatic hydroxyl groups is 2. The van der Waals surface area contributed by atoms with E-state index in [2.05, 4.69) is 40.4 Å². The van der Waals surface area contributed by atoms with Crippen LogP contribution < -0.4 is 16.4 Å². The summed E-state index contributed by atoms with van der Waals surface area (Å²) in [6, 6.07) is 6.65. The smallest absolute Gasteiger partial charge is 0.229 e. The summed E-state index contributed by atoms with van der Waals surface area (Å²) in [5.41, 5.74) is 8.93. The van der Waals surface area contributed by atoms with Crippen LogP contribution in [0.25, 0.3) is 22.2 Å². The fourth-order valence-corrected chi connectivity index (χ4v) is 7.55. The normalized spacial score (nSPS) is 24.3. The molecule has 3 aliphatic rings. The molecule has 2 saturated heterocycles. The molecule has 2 aliphatic heterocycles. The van der Waals surface area contributed by atoms with Gasteiger partial charge in [0, 0.05) is 55.9 Å². The van der Waals surface area contributed by atoms with Crippen LogP contribution in [-0.4, -0.2) is 119 Å². The van der Waals surface area contributed by atoms with E-state index in [0.717, 1.165) is 61.6 Å². The summed E-state index contributed by atoms with van der Waals surface area (Å²) in [7, 11) is 0. The van der Waals surface area contributed by atoms with Gasteiger partial charge in [0.05, 0.1) is 23.9 Å². The van der Waals surface area contributed by atoms with Crippen LogP contribution in [0.15, 0.2) is 30.9 Å². The molecule has 4 aromatic rings. The van der Waals surface area contributed by atoms with Gasteiger partial charge in [0.15, 0.2) is 17.7 Å². The molecule has 7 N–H and O–H groups in total. The predicted molar refractivity (Wildman–Crippen MR) is 190 cm³/mol. The van der Waals surface area contributed by atoms with Crippen LogP contribution in [0.5, 0.6) is 0 Å². The molecule has 50 heavy (non-hydrogen) atoms. The molecule has 0 spiro atoms. The van der Waals surface area contributed by atoms with Crippen molar-refractivity contribution in [1.29, 1.82) is 0 Å². The maximum absolute atomic E-state index is 12.5. The lowest BCUT2D eigenvalue weighted by Crippen LogP contribution is -2.51. The summed E-state index contributed by atoms with van der Waals surface area (Å²) < 4.78 is 8.00. The first-order valence-electron chi connectivity index (χ1n) is 18.0. The highest BCUT2D eigenvalue weighted by atomic mass is 16.6. The molecule has 7 rings (SSSR count). The molecule has 4 atom stereocenters. The number of nitrogens with zero attached hydrogens (tertiary/aromatic N) is 7. The number of H-pyrrole nitrogens is 1. The molecule has 1 amide bonds. The molecular formula is C35H51N11O4. The molecule has 270 valence electrons. The molecule has 3 aromatic heterocycles. The van der Waals surface area contributed by atoms with Crippen molar-refractivity contribution in [2.75, 3.05) is 43.8 Å². The third kappa shape index (κ3) is 7.48. The zero-order valence-corrected chi connectivity index (χ0v) is 29.3. The van der Waals surface area contributed by atoms with Crippen molar-refractivity contribution in [2.45, 2.75) is 102 Å². The zero-order chi connectivity index (χ0) is 35.0. The molecule has 1 saturated carbocycles. The number of fused-ring (bicyclic) bond motifs is 2. The average Bonchev–Trinajstić information content (AvgIpc) is 3.89. The van der Waals surface area contributed by atoms with Gasteiger partial charge in [-0.3, -0.25) is 19.2 Å². The van der Waals surface area contributed by atoms with E-state index in [0.29, 0.717) is 36.3 Å². The van der Waals surface area contributed by atoms with Crippen LogP contribution in [0.2, 0.25) is 0 Å². The number of hydrogen-bond acceptors (Lipinski definition) is 12. The van der Waals surface area contributed by atoms with Crippen LogP contribution in [0, 0.1) is 5.41 Å². The van der Waals surface area contributed by atoms with E-state index in [-0.39, 0.29) is 11.7 Å². The second-order valence-electron chi connectivity index (χ2n) is 15.2. The van der Waals surface area contributed by atoms with Gasteiger partial charge in [-0.1, -0.05) is 33.6 Å². The molecule has 15 nitrogen and oxygen atoms in total. The third-order valence-electron chi connectivity index (χ3n) is 10.5. The van der Waals surface area contributed by atoms with Gasteiger partial charge in [-0.2, -0.15) is 0 Å². The van der Waals surface area contributed by atoms with E-state index in [1.807, 2.05) is 39.0 Å². The van der Waals surface area contributed by atoms with Gasteiger partial charge < -0.3 is 36.3 Å². The maximum Gasteiger partial charge on any atom is 0.229 e. The number of benzene rings is 1. The Bertz CT molecular complexity index is 1770. The Morgan fingerprint density at radius 3 is 2.64 bits per heavy atom. The van der Waals surface area contributed by atoms with E-state index in [9.17, 15) is 15.0 Å². The average molecular weight is 690 g/mol. The minimum atomic E-state index is -1.15. The highest BCUT2D eigenvalue weighted by Gasteiger charge is 2.45. The predicted octanol–water partition coefficient (Wildman–Crippen LogP) is 2.39. The number of amides is 1. The summed E-state index contributed by atoms with van der Waals surface area (Å²) in [5.74, 6) is 1.12. The number of aromatic nitrogens is 6. The van der Waals surface area contributed by atoms with Crippen LogP contribution in [0.4, 0.5) is 11.5 Å². The maximum atomic E-state index is 12.5. The quantitative estimate of drug-likeness (QED) is 0.135. The number of nitrogen functional groups attached to an aromatic ring is 1. The topological polar surface area (TPSA) is 196 Å². The minimum Gasteiger partial charge on any atom is -0.387 e. The van der Waals surface area contributed by atoms with Gasteiger partial charge in [-0.25, -0.2) is 19.9 Å². The molecule has 1 aliphatic carbocycles. The first kappa shape index (κ1) is 34.7. The molecule has 0 unspecified atom stereocenters. The number of aliphatic hydroxyl groups excluding tert-OH is 2. The van der Waals surface area contributed by atoms with Gasteiger partial charge in [-0.15, -0.1) is 0 Å². The number of anilines is 2. The largest absolute Gasteiger partial charge is 0.387 e. The van der Waals surface area contributed by atoms with Crippen LogP contribution in [-0.2, 0) is 16.1 Å². The van der Waals surface area contributed by atoms with Gasteiger partial charge in [-0.05, 0) is 43.9 Å². The Morgan fingerprint density at radius 1 is 1.10 bits per heavy atom. The number of aromatic amines is 1. The SMILES string of the molecule is CC(C)(C)C(=O)Nc1ccc2nc(CN3CCC(N(CCNC4CCCC4)C[C@H]4O[C@@H](n5cnc6c(N)ncnc65)[C@H](O)[C@@H]4O)CC3)[nH]c2c1. The monoisotopic (exact) mass is 689 g/mol. The second kappa shape index (κ2) is 14.5. The van der Waals surface area contributed by atoms with Crippen molar-refractivity contribution in [1.82, 2.24) is 44.6 Å². The number of piperidine rings is 1. The Balaban J connectivity index is 0.990. The number of likely N-dealkylation sites (tertiary alicyclic amines) is 1. The van der Waals surface area contributed by atoms with Gasteiger partial charge >= 0.3 is 0 Å². The van der Waals surface area contributed by atoms with E-state index in [1.54, 1.807) is 4.57 Å². The lowest BCUT2D eigenvalue weighted by atomic mass is 9.95. The molecule has 15 heteroatoms. The van der Waals surface area contributed by atoms with Crippen molar-refractivity contribution in [2.24, 2.45) is 5.41 Å². The molecular weight excluding hydrogens is 638 g/mol. The number of carbonyl (C=O) groups is 1. The highest BCUT2D eigenvalue weighted by Crippen LogP contribution is 2.33. The fraction of sp³-hybridized carbons (Fsp3) is 0.629. The number of rotatable bonds is 11. The summed E-state index contributed by atoms with van der Waals surface area (Å²) in [6.45, 7) is 10.4. The van der Waals surface area contributed by atoms with Gasteiger partial charge in [0.1, 0.15) is 36.0 Å². The van der Waals surface area contributed by atoms with E-state index >= 15 is 0 Å². The lowest BCUT2D eigenvalue weighted by molar-refractivity contribution is -0.123. The summed E-state index contributed by atoms with van der Waals surface area (Å²) >= 11 is 0. The van der Waals surface area contributed by atoms with E-state index < -0.39 is 30.0 Å². The van der Waals surface area contributed by atoms with Crippen molar-refractivity contribution >= 4 is 39.6 Å². The Morgan fingerprint density at radius 2 is 1.88 bits per heavy atom. The van der Waals surface area contributed by atoms with E-state index in [4.69, 9.17) is 15.5 Å². The molecule has 5 heterocycles. The van der Waals surface area contributed by atoms with Gasteiger partial charge in [0.2, 0.25) is 5.91 Å². The number of nitrogens with two attached hydrogens (primary N) is 1. The van der Waals surface area contributed by atoms with Crippen LogP contribution in [0.3, 0.4) is 0 Å². The van der Waals surface area contributed by atoms with Crippen molar-refractivity contribution < 1.29 is 19.7 Å². The van der Waals surface area contributed by atoms with Crippen LogP contribution in [0.1, 0.15) is 71.3 Å². The number of hydrogen-bond donors (Lipinski definition) is 6. The highest BCUT2D eigenvalue weighted by molar-refractivity contribution is 5.96. The standard InChI is InChI=1S/C35H51N11O4/c1-35(2,3)34(49)41-22-8-9-24-25(16-22)43-27(42-24)18-44-13-10-23(11-14-44)45(15-12-37-21-6-4-5-7-21)17-26-29(47)30(48)33(50-26)46-20-40-28-31(36)38-19-39-32(28)46/h8-9,16,19-21,23,26,29-30,33,37,47-48H,4-7,10-15,17-18H2,1-3H3,(H,41,49)(H,42,43)(H2,36,38,39)/t26-,29-,30-,33-/m1/s1.